The Morgan fingerprint density at radius 2 is 1.82 bits per heavy atom. The normalized spacial score (nSPS) is 17.4. The third-order valence-electron chi connectivity index (χ3n) is 3.83. The Morgan fingerprint density at radius 1 is 1.09 bits per heavy atom. The van der Waals surface area contributed by atoms with E-state index in [0.29, 0.717) is 4.90 Å². The molecule has 1 unspecified atom stereocenters. The molecule has 1 aliphatic carbocycles. The van der Waals surface area contributed by atoms with E-state index < -0.39 is 10.0 Å². The third kappa shape index (κ3) is 3.43. The van der Waals surface area contributed by atoms with Crippen molar-refractivity contribution in [3.63, 3.8) is 0 Å². The first kappa shape index (κ1) is 16.8. The Kier molecular flexibility index (Phi) is 5.11. The molecular formula is C16H19ClN2O2S. The van der Waals surface area contributed by atoms with Crippen LogP contribution in [0.3, 0.4) is 0 Å². The van der Waals surface area contributed by atoms with Crippen LogP contribution in [0.25, 0.3) is 0 Å². The average Bonchev–Trinajstić information content (AvgIpc) is 2.48. The molecule has 0 aromatic heterocycles. The smallest absolute Gasteiger partial charge is 0.241 e. The fourth-order valence-electron chi connectivity index (χ4n) is 2.81. The summed E-state index contributed by atoms with van der Waals surface area (Å²) in [6, 6.07) is 14.0. The zero-order chi connectivity index (χ0) is 14.9. The Bertz CT molecular complexity index is 748. The van der Waals surface area contributed by atoms with Crippen molar-refractivity contribution in [1.82, 2.24) is 4.72 Å². The molecule has 1 atom stereocenters. The fraction of sp³-hybridized carbons (Fsp3) is 0.250. The van der Waals surface area contributed by atoms with Gasteiger partial charge in [0.15, 0.2) is 0 Å². The van der Waals surface area contributed by atoms with Gasteiger partial charge in [0.1, 0.15) is 0 Å². The third-order valence-corrected chi connectivity index (χ3v) is 5.32. The largest absolute Gasteiger partial charge is 0.399 e. The molecule has 0 radical (unpaired) electrons. The van der Waals surface area contributed by atoms with Crippen LogP contribution < -0.4 is 10.5 Å². The lowest BCUT2D eigenvalue weighted by Gasteiger charge is -2.26. The number of nitrogen functional groups attached to an aromatic ring is 1. The van der Waals surface area contributed by atoms with E-state index in [1.54, 1.807) is 30.3 Å². The van der Waals surface area contributed by atoms with Gasteiger partial charge in [-0.3, -0.25) is 0 Å². The maximum absolute atomic E-state index is 12.4. The van der Waals surface area contributed by atoms with Gasteiger partial charge in [-0.1, -0.05) is 24.3 Å². The molecular weight excluding hydrogens is 320 g/mol. The molecule has 0 heterocycles. The summed E-state index contributed by atoms with van der Waals surface area (Å²) in [4.78, 5) is 0.299. The van der Waals surface area contributed by atoms with Gasteiger partial charge in [0.2, 0.25) is 10.0 Å². The van der Waals surface area contributed by atoms with Crippen LogP contribution >= 0.6 is 12.4 Å². The number of benzene rings is 2. The highest BCUT2D eigenvalue weighted by molar-refractivity contribution is 7.89. The molecule has 0 saturated carbocycles. The number of hydrogen-bond donors (Lipinski definition) is 2. The zero-order valence-electron chi connectivity index (χ0n) is 12.0. The van der Waals surface area contributed by atoms with Gasteiger partial charge in [0, 0.05) is 11.7 Å². The SMILES string of the molecule is Cl.Nc1ccc2c(c1)CCCC2NS(=O)(=O)c1ccccc1. The molecule has 22 heavy (non-hydrogen) atoms. The highest BCUT2D eigenvalue weighted by atomic mass is 35.5. The molecule has 1 aliphatic rings. The molecule has 0 aliphatic heterocycles. The van der Waals surface area contributed by atoms with Crippen LogP contribution in [0.1, 0.15) is 30.0 Å². The van der Waals surface area contributed by atoms with Crippen molar-refractivity contribution in [1.29, 1.82) is 0 Å². The highest BCUT2D eigenvalue weighted by Gasteiger charge is 2.25. The Morgan fingerprint density at radius 3 is 2.55 bits per heavy atom. The monoisotopic (exact) mass is 338 g/mol. The van der Waals surface area contributed by atoms with Crippen molar-refractivity contribution in [2.45, 2.75) is 30.2 Å². The van der Waals surface area contributed by atoms with Crippen molar-refractivity contribution in [3.05, 3.63) is 59.7 Å². The summed E-state index contributed by atoms with van der Waals surface area (Å²) >= 11 is 0. The quantitative estimate of drug-likeness (QED) is 0.845. The van der Waals surface area contributed by atoms with E-state index in [-0.39, 0.29) is 18.4 Å². The van der Waals surface area contributed by atoms with Crippen LogP contribution in [-0.2, 0) is 16.4 Å². The zero-order valence-corrected chi connectivity index (χ0v) is 13.7. The molecule has 6 heteroatoms. The van der Waals surface area contributed by atoms with Gasteiger partial charge in [0.05, 0.1) is 4.90 Å². The minimum atomic E-state index is -3.49. The Hall–Kier alpha value is -1.56. The summed E-state index contributed by atoms with van der Waals surface area (Å²) in [5, 5.41) is 0. The minimum Gasteiger partial charge on any atom is -0.399 e. The number of rotatable bonds is 3. The molecule has 2 aromatic carbocycles. The predicted octanol–water partition coefficient (Wildman–Crippen LogP) is 3.05. The van der Waals surface area contributed by atoms with Crippen molar-refractivity contribution in [2.24, 2.45) is 0 Å². The second-order valence-corrected chi connectivity index (χ2v) is 7.05. The van der Waals surface area contributed by atoms with Crippen LogP contribution in [0.2, 0.25) is 0 Å². The van der Waals surface area contributed by atoms with Crippen LogP contribution in [0.15, 0.2) is 53.4 Å². The molecule has 3 rings (SSSR count). The Balaban J connectivity index is 0.00000176. The van der Waals surface area contributed by atoms with Crippen molar-refractivity contribution in [2.75, 3.05) is 5.73 Å². The number of hydrogen-bond acceptors (Lipinski definition) is 3. The summed E-state index contributed by atoms with van der Waals surface area (Å²) in [6.07, 6.45) is 2.71. The van der Waals surface area contributed by atoms with Crippen molar-refractivity contribution in [3.8, 4) is 0 Å². The van der Waals surface area contributed by atoms with E-state index in [0.717, 1.165) is 36.1 Å². The van der Waals surface area contributed by atoms with Crippen molar-refractivity contribution < 1.29 is 8.42 Å². The predicted molar refractivity (Wildman–Crippen MR) is 90.5 cm³/mol. The second kappa shape index (κ2) is 6.69. The summed E-state index contributed by atoms with van der Waals surface area (Å²) in [5.74, 6) is 0. The van der Waals surface area contributed by atoms with Crippen LogP contribution in [0.5, 0.6) is 0 Å². The van der Waals surface area contributed by atoms with E-state index >= 15 is 0 Å². The van der Waals surface area contributed by atoms with Crippen LogP contribution in [-0.4, -0.2) is 8.42 Å². The molecule has 0 spiro atoms. The number of anilines is 1. The molecule has 0 saturated heterocycles. The van der Waals surface area contributed by atoms with Gasteiger partial charge in [-0.2, -0.15) is 0 Å². The molecule has 4 nitrogen and oxygen atoms in total. The molecule has 3 N–H and O–H groups in total. The van der Waals surface area contributed by atoms with E-state index in [2.05, 4.69) is 4.72 Å². The maximum atomic E-state index is 12.4. The van der Waals surface area contributed by atoms with Gasteiger partial charge in [-0.25, -0.2) is 13.1 Å². The number of fused-ring (bicyclic) bond motifs is 1. The first-order valence-electron chi connectivity index (χ1n) is 7.02. The Labute approximate surface area is 137 Å². The van der Waals surface area contributed by atoms with E-state index in [1.807, 2.05) is 18.2 Å². The van der Waals surface area contributed by atoms with E-state index in [9.17, 15) is 8.42 Å². The highest BCUT2D eigenvalue weighted by Crippen LogP contribution is 2.32. The lowest BCUT2D eigenvalue weighted by atomic mass is 9.88. The van der Waals surface area contributed by atoms with Gasteiger partial charge in [-0.05, 0) is 54.7 Å². The average molecular weight is 339 g/mol. The second-order valence-electron chi connectivity index (χ2n) is 5.34. The number of nitrogens with one attached hydrogen (secondary N) is 1. The lowest BCUT2D eigenvalue weighted by Crippen LogP contribution is -2.31. The van der Waals surface area contributed by atoms with Crippen LogP contribution in [0, 0.1) is 0 Å². The van der Waals surface area contributed by atoms with Crippen molar-refractivity contribution >= 4 is 28.1 Å². The summed E-state index contributed by atoms with van der Waals surface area (Å²) < 4.78 is 27.7. The first-order chi connectivity index (χ1) is 10.1. The van der Waals surface area contributed by atoms with Gasteiger partial charge in [0.25, 0.3) is 0 Å². The fourth-order valence-corrected chi connectivity index (χ4v) is 4.08. The first-order valence-corrected chi connectivity index (χ1v) is 8.50. The summed E-state index contributed by atoms with van der Waals surface area (Å²) in [7, 11) is -3.49. The van der Waals surface area contributed by atoms with Gasteiger partial charge < -0.3 is 5.73 Å². The topological polar surface area (TPSA) is 72.2 Å². The summed E-state index contributed by atoms with van der Waals surface area (Å²) in [6.45, 7) is 0. The maximum Gasteiger partial charge on any atom is 0.241 e. The summed E-state index contributed by atoms with van der Waals surface area (Å²) in [5.41, 5.74) is 8.71. The number of halogens is 1. The molecule has 0 fully saturated rings. The van der Waals surface area contributed by atoms with Crippen LogP contribution in [0.4, 0.5) is 5.69 Å². The van der Waals surface area contributed by atoms with E-state index in [1.165, 1.54) is 0 Å². The standard InChI is InChI=1S/C16H18N2O2S.ClH/c17-13-9-10-15-12(11-13)5-4-8-16(15)18-21(19,20)14-6-2-1-3-7-14;/h1-3,6-7,9-11,16,18H,4-5,8,17H2;1H. The number of aryl methyl sites for hydroxylation is 1. The molecule has 118 valence electrons. The van der Waals surface area contributed by atoms with E-state index in [4.69, 9.17) is 5.73 Å². The van der Waals surface area contributed by atoms with Gasteiger partial charge in [-0.15, -0.1) is 12.4 Å². The number of sulfonamides is 1. The van der Waals surface area contributed by atoms with Gasteiger partial charge >= 0.3 is 0 Å². The molecule has 0 amide bonds. The lowest BCUT2D eigenvalue weighted by molar-refractivity contribution is 0.507. The molecule has 0 bridgehead atoms. The molecule has 2 aromatic rings. The minimum absolute atomic E-state index is 0. The number of nitrogens with two attached hydrogens (primary N) is 1.